The van der Waals surface area contributed by atoms with Crippen LogP contribution >= 0.6 is 0 Å². The summed E-state index contributed by atoms with van der Waals surface area (Å²) in [6, 6.07) is 38.2. The topological polar surface area (TPSA) is 64.6 Å². The Balaban J connectivity index is 1.29. The molecule has 6 atom stereocenters. The molecule has 0 N–H and O–H groups in total. The van der Waals surface area contributed by atoms with Gasteiger partial charge in [0.1, 0.15) is 49.2 Å². The Bertz CT molecular complexity index is 1370. The van der Waals surface area contributed by atoms with Crippen molar-refractivity contribution in [2.75, 3.05) is 13.9 Å². The minimum atomic E-state index is -0.479. The molecule has 6 rings (SSSR count). The van der Waals surface area contributed by atoms with Gasteiger partial charge in [0.25, 0.3) is 0 Å². The van der Waals surface area contributed by atoms with Crippen LogP contribution in [0.3, 0.4) is 0 Å². The number of hydrogen-bond acceptors (Lipinski definition) is 7. The molecule has 7 heteroatoms. The Labute approximate surface area is 253 Å². The molecular weight excluding hydrogens is 544 g/mol. The number of benzene rings is 4. The van der Waals surface area contributed by atoms with Crippen LogP contribution in [0.25, 0.3) is 0 Å². The van der Waals surface area contributed by atoms with E-state index in [2.05, 4.69) is 24.3 Å². The Morgan fingerprint density at radius 1 is 0.465 bits per heavy atom. The van der Waals surface area contributed by atoms with Gasteiger partial charge in [0.05, 0.1) is 33.5 Å². The maximum Gasteiger partial charge on any atom is 0.148 e. The van der Waals surface area contributed by atoms with E-state index in [-0.39, 0.29) is 6.79 Å². The molecule has 2 bridgehead atoms. The highest BCUT2D eigenvalue weighted by Gasteiger charge is 2.57. The lowest BCUT2D eigenvalue weighted by Crippen LogP contribution is -2.69. The van der Waals surface area contributed by atoms with Crippen LogP contribution in [0.4, 0.5) is 0 Å². The molecule has 1 aliphatic carbocycles. The van der Waals surface area contributed by atoms with E-state index in [0.717, 1.165) is 28.0 Å². The Morgan fingerprint density at radius 3 is 1.26 bits per heavy atom. The summed E-state index contributed by atoms with van der Waals surface area (Å²) >= 11 is 0. The van der Waals surface area contributed by atoms with Gasteiger partial charge in [-0.25, -0.2) is 0 Å². The van der Waals surface area contributed by atoms with Gasteiger partial charge in [0, 0.05) is 0 Å². The minimum absolute atomic E-state index is 0.125. The third kappa shape index (κ3) is 7.51. The summed E-state index contributed by atoms with van der Waals surface area (Å²) in [5.74, 6) is 0.796. The van der Waals surface area contributed by atoms with Crippen LogP contribution in [0.15, 0.2) is 115 Å². The highest BCUT2D eigenvalue weighted by Crippen LogP contribution is 2.38. The lowest BCUT2D eigenvalue weighted by Gasteiger charge is -2.52. The van der Waals surface area contributed by atoms with Crippen LogP contribution in [0, 0.1) is 0 Å². The van der Waals surface area contributed by atoms with Crippen molar-refractivity contribution in [2.24, 2.45) is 0 Å². The SMILES string of the molecule is COc1ccc(COC2C3OCOC(C3OCc3ccccc3)C(OCc3ccccc3)C2OCc2ccccc2)cc1. The van der Waals surface area contributed by atoms with Gasteiger partial charge < -0.3 is 33.2 Å². The molecule has 1 saturated heterocycles. The molecule has 4 aromatic carbocycles. The van der Waals surface area contributed by atoms with Gasteiger partial charge in [-0.05, 0) is 34.4 Å². The van der Waals surface area contributed by atoms with Gasteiger partial charge in [0.2, 0.25) is 0 Å². The predicted octanol–water partition coefficient (Wildman–Crippen LogP) is 6.09. The van der Waals surface area contributed by atoms with E-state index in [1.807, 2.05) is 91.0 Å². The van der Waals surface area contributed by atoms with Crippen LogP contribution in [0.2, 0.25) is 0 Å². The average molecular weight is 583 g/mol. The number of hydrogen-bond donors (Lipinski definition) is 0. The van der Waals surface area contributed by atoms with Crippen molar-refractivity contribution in [1.29, 1.82) is 0 Å². The molecule has 224 valence electrons. The summed E-state index contributed by atoms with van der Waals surface area (Å²) in [6.45, 7) is 1.70. The molecule has 6 unspecified atom stereocenters. The number of ether oxygens (including phenoxy) is 7. The smallest absolute Gasteiger partial charge is 0.148 e. The fourth-order valence-corrected chi connectivity index (χ4v) is 5.67. The standard InChI is InChI=1S/C36H38O7/c1-37-30-19-17-29(18-20-30)24-41-33-31(38-21-26-11-5-2-6-12-26)32(39-22-27-13-7-3-8-14-27)35-34(36(33)43-25-42-35)40-23-28-15-9-4-10-16-28/h2-20,31-36H,21-25H2,1H3. The van der Waals surface area contributed by atoms with Gasteiger partial charge >= 0.3 is 0 Å². The molecule has 0 amide bonds. The van der Waals surface area contributed by atoms with Gasteiger partial charge in [-0.1, -0.05) is 103 Å². The van der Waals surface area contributed by atoms with E-state index in [0.29, 0.717) is 26.4 Å². The zero-order valence-electron chi connectivity index (χ0n) is 24.3. The first-order chi connectivity index (χ1) is 21.3. The van der Waals surface area contributed by atoms with Crippen molar-refractivity contribution < 1.29 is 33.2 Å². The summed E-state index contributed by atoms with van der Waals surface area (Å²) in [7, 11) is 1.66. The average Bonchev–Trinajstić information content (AvgIpc) is 3.07. The zero-order valence-corrected chi connectivity index (χ0v) is 24.3. The van der Waals surface area contributed by atoms with Crippen LogP contribution in [-0.2, 0) is 54.8 Å². The third-order valence-corrected chi connectivity index (χ3v) is 7.92. The second kappa shape index (κ2) is 14.8. The van der Waals surface area contributed by atoms with Crippen LogP contribution < -0.4 is 4.74 Å². The molecule has 0 radical (unpaired) electrons. The first kappa shape index (κ1) is 29.5. The normalized spacial score (nSPS) is 24.9. The van der Waals surface area contributed by atoms with Crippen molar-refractivity contribution in [3.05, 3.63) is 138 Å². The highest BCUT2D eigenvalue weighted by molar-refractivity contribution is 5.27. The molecule has 4 aromatic rings. The zero-order chi connectivity index (χ0) is 29.3. The largest absolute Gasteiger partial charge is 0.497 e. The minimum Gasteiger partial charge on any atom is -0.497 e. The van der Waals surface area contributed by atoms with Crippen molar-refractivity contribution in [1.82, 2.24) is 0 Å². The van der Waals surface area contributed by atoms with E-state index >= 15 is 0 Å². The Hall–Kier alpha value is -3.56. The van der Waals surface area contributed by atoms with Crippen molar-refractivity contribution in [2.45, 2.75) is 63.1 Å². The summed E-state index contributed by atoms with van der Waals surface area (Å²) in [5.41, 5.74) is 4.21. The first-order valence-corrected chi connectivity index (χ1v) is 14.7. The maximum absolute atomic E-state index is 6.69. The van der Waals surface area contributed by atoms with Crippen LogP contribution in [-0.4, -0.2) is 50.5 Å². The Morgan fingerprint density at radius 2 is 0.837 bits per heavy atom. The van der Waals surface area contributed by atoms with E-state index in [1.54, 1.807) is 7.11 Å². The lowest BCUT2D eigenvalue weighted by molar-refractivity contribution is -0.344. The van der Waals surface area contributed by atoms with E-state index in [4.69, 9.17) is 33.2 Å². The summed E-state index contributed by atoms with van der Waals surface area (Å²) < 4.78 is 44.4. The monoisotopic (exact) mass is 582 g/mol. The summed E-state index contributed by atoms with van der Waals surface area (Å²) in [5, 5.41) is 0. The van der Waals surface area contributed by atoms with E-state index < -0.39 is 36.6 Å². The molecule has 0 spiro atoms. The molecule has 2 fully saturated rings. The molecule has 7 nitrogen and oxygen atoms in total. The van der Waals surface area contributed by atoms with Gasteiger partial charge in [-0.15, -0.1) is 0 Å². The van der Waals surface area contributed by atoms with E-state index in [1.165, 1.54) is 0 Å². The Kier molecular flexibility index (Phi) is 10.1. The molecular formula is C36H38O7. The number of fused-ring (bicyclic) bond motifs is 2. The van der Waals surface area contributed by atoms with Gasteiger partial charge in [-0.2, -0.15) is 0 Å². The molecule has 0 aromatic heterocycles. The van der Waals surface area contributed by atoms with Crippen LogP contribution in [0.5, 0.6) is 5.75 Å². The van der Waals surface area contributed by atoms with Gasteiger partial charge in [0.15, 0.2) is 0 Å². The third-order valence-electron chi connectivity index (χ3n) is 7.92. The van der Waals surface area contributed by atoms with Crippen molar-refractivity contribution >= 4 is 0 Å². The first-order valence-electron chi connectivity index (χ1n) is 14.7. The second-order valence-electron chi connectivity index (χ2n) is 10.8. The molecule has 1 aliphatic heterocycles. The quantitative estimate of drug-likeness (QED) is 0.189. The van der Waals surface area contributed by atoms with Crippen molar-refractivity contribution in [3.8, 4) is 5.75 Å². The highest BCUT2D eigenvalue weighted by atomic mass is 16.7. The maximum atomic E-state index is 6.69. The molecule has 1 saturated carbocycles. The lowest BCUT2D eigenvalue weighted by atomic mass is 9.83. The summed E-state index contributed by atoms with van der Waals surface area (Å²) in [6.07, 6.45) is -2.68. The number of rotatable bonds is 13. The molecule has 43 heavy (non-hydrogen) atoms. The van der Waals surface area contributed by atoms with Crippen LogP contribution in [0.1, 0.15) is 22.3 Å². The van der Waals surface area contributed by atoms with Crippen molar-refractivity contribution in [3.63, 3.8) is 0 Å². The van der Waals surface area contributed by atoms with E-state index in [9.17, 15) is 0 Å². The predicted molar refractivity (Wildman–Crippen MR) is 161 cm³/mol. The fraction of sp³-hybridized carbons (Fsp3) is 0.333. The van der Waals surface area contributed by atoms with Gasteiger partial charge in [-0.3, -0.25) is 0 Å². The fourth-order valence-electron chi connectivity index (χ4n) is 5.67. The molecule has 1 heterocycles. The molecule has 2 aliphatic rings. The summed E-state index contributed by atoms with van der Waals surface area (Å²) in [4.78, 5) is 0. The second-order valence-corrected chi connectivity index (χ2v) is 10.8. The number of methoxy groups -OCH3 is 1.